The molecule has 1 saturated heterocycles. The van der Waals surface area contributed by atoms with Crippen LogP contribution in [-0.4, -0.2) is 91.4 Å². The lowest BCUT2D eigenvalue weighted by Gasteiger charge is -2.24. The van der Waals surface area contributed by atoms with E-state index in [0.717, 1.165) is 0 Å². The van der Waals surface area contributed by atoms with Crippen LogP contribution < -0.4 is 21.3 Å². The minimum Gasteiger partial charge on any atom is -0.481 e. The molecule has 1 aliphatic heterocycles. The minimum atomic E-state index is -1.15. The highest BCUT2D eigenvalue weighted by Crippen LogP contribution is 2.10. The lowest BCUT2D eigenvalue weighted by atomic mass is 9.98. The molecule has 1 unspecified atom stereocenters. The third-order valence-electron chi connectivity index (χ3n) is 5.15. The van der Waals surface area contributed by atoms with Gasteiger partial charge in [-0.25, -0.2) is 9.69 Å². The molecule has 2 heterocycles. The summed E-state index contributed by atoms with van der Waals surface area (Å²) in [6.07, 6.45) is -0.176. The van der Waals surface area contributed by atoms with Crippen molar-refractivity contribution in [2.45, 2.75) is 51.7 Å². The van der Waals surface area contributed by atoms with E-state index < -0.39 is 54.3 Å². The standard InChI is InChI=1S/C18H27N9O7/c1-3-9(2)15(22-12(28)4-5-14(30)31)17(33)20-8-13(29)27-10(6-21-18(27)34)16(32)19-7-11-23-25-26-24-11/h9-10,15H,3-8H2,1-2H3,(H,19,32)(H,20,33)(H,21,34)(H,22,28)(H,30,31)(H,23,24,25,26)/t9-,10-,15?/m0/s1. The summed E-state index contributed by atoms with van der Waals surface area (Å²) in [7, 11) is 0. The van der Waals surface area contributed by atoms with Gasteiger partial charge in [-0.1, -0.05) is 25.5 Å². The van der Waals surface area contributed by atoms with E-state index in [4.69, 9.17) is 5.11 Å². The van der Waals surface area contributed by atoms with Crippen molar-refractivity contribution in [3.05, 3.63) is 5.82 Å². The van der Waals surface area contributed by atoms with Crippen LogP contribution in [0.2, 0.25) is 0 Å². The summed E-state index contributed by atoms with van der Waals surface area (Å²) >= 11 is 0. The molecule has 0 radical (unpaired) electrons. The van der Waals surface area contributed by atoms with Crippen LogP contribution in [0.15, 0.2) is 0 Å². The fourth-order valence-electron chi connectivity index (χ4n) is 3.07. The van der Waals surface area contributed by atoms with E-state index in [1.54, 1.807) is 13.8 Å². The molecule has 186 valence electrons. The second-order valence-corrected chi connectivity index (χ2v) is 7.55. The zero-order valence-electron chi connectivity index (χ0n) is 18.7. The number of urea groups is 1. The number of aromatic nitrogens is 4. The van der Waals surface area contributed by atoms with Crippen LogP contribution >= 0.6 is 0 Å². The van der Waals surface area contributed by atoms with Crippen LogP contribution in [0.3, 0.4) is 0 Å². The third-order valence-corrected chi connectivity index (χ3v) is 5.15. The topological polar surface area (TPSA) is 228 Å². The number of aliphatic carboxylic acids is 1. The van der Waals surface area contributed by atoms with Gasteiger partial charge in [-0.3, -0.25) is 24.0 Å². The molecule has 2 rings (SSSR count). The van der Waals surface area contributed by atoms with Crippen LogP contribution in [0.5, 0.6) is 0 Å². The molecule has 34 heavy (non-hydrogen) atoms. The average Bonchev–Trinajstić information content (AvgIpc) is 3.47. The zero-order chi connectivity index (χ0) is 25.3. The van der Waals surface area contributed by atoms with Gasteiger partial charge in [0.15, 0.2) is 5.82 Å². The van der Waals surface area contributed by atoms with E-state index in [1.807, 2.05) is 0 Å². The summed E-state index contributed by atoms with van der Waals surface area (Å²) in [6.45, 7) is 2.72. The van der Waals surface area contributed by atoms with Gasteiger partial charge in [0, 0.05) is 13.0 Å². The normalized spacial score (nSPS) is 16.8. The highest BCUT2D eigenvalue weighted by molar-refractivity contribution is 6.03. The first kappa shape index (κ1) is 26.1. The second kappa shape index (κ2) is 12.2. The molecule has 1 aromatic rings. The molecule has 1 aromatic heterocycles. The molecule has 1 fully saturated rings. The molecule has 0 aliphatic carbocycles. The predicted molar refractivity (Wildman–Crippen MR) is 111 cm³/mol. The number of amides is 6. The number of nitrogens with one attached hydrogen (secondary N) is 5. The number of carboxylic acids is 1. The summed E-state index contributed by atoms with van der Waals surface area (Å²) < 4.78 is 0. The van der Waals surface area contributed by atoms with Crippen molar-refractivity contribution in [2.24, 2.45) is 5.92 Å². The number of carbonyl (C=O) groups excluding carboxylic acids is 5. The number of nitrogens with zero attached hydrogens (tertiary/aromatic N) is 4. The molecule has 0 saturated carbocycles. The molecule has 6 amide bonds. The first-order valence-electron chi connectivity index (χ1n) is 10.5. The van der Waals surface area contributed by atoms with Gasteiger partial charge in [-0.15, -0.1) is 10.2 Å². The van der Waals surface area contributed by atoms with E-state index >= 15 is 0 Å². The Bertz CT molecular complexity index is 921. The van der Waals surface area contributed by atoms with Crippen molar-refractivity contribution in [3.63, 3.8) is 0 Å². The summed E-state index contributed by atoms with van der Waals surface area (Å²) in [5.74, 6) is -4.02. The highest BCUT2D eigenvalue weighted by Gasteiger charge is 2.40. The first-order chi connectivity index (χ1) is 16.1. The number of hydrogen-bond donors (Lipinski definition) is 6. The second-order valence-electron chi connectivity index (χ2n) is 7.55. The molecule has 16 nitrogen and oxygen atoms in total. The van der Waals surface area contributed by atoms with Crippen molar-refractivity contribution in [1.29, 1.82) is 0 Å². The van der Waals surface area contributed by atoms with Crippen LogP contribution in [0, 0.1) is 5.92 Å². The quantitative estimate of drug-likeness (QED) is 0.180. The van der Waals surface area contributed by atoms with Crippen LogP contribution in [0.4, 0.5) is 4.79 Å². The molecular weight excluding hydrogens is 454 g/mol. The SMILES string of the molecule is CC[C@H](C)C(NC(=O)CCC(=O)O)C(=O)NCC(=O)N1C(=O)NC[C@H]1C(=O)NCc1nn[nH]n1. The lowest BCUT2D eigenvalue weighted by Crippen LogP contribution is -2.54. The van der Waals surface area contributed by atoms with Crippen molar-refractivity contribution in [2.75, 3.05) is 13.1 Å². The Morgan fingerprint density at radius 1 is 1.21 bits per heavy atom. The Kier molecular flexibility index (Phi) is 9.39. The first-order valence-corrected chi connectivity index (χ1v) is 10.5. The monoisotopic (exact) mass is 481 g/mol. The van der Waals surface area contributed by atoms with Gasteiger partial charge < -0.3 is 26.4 Å². The van der Waals surface area contributed by atoms with Gasteiger partial charge in [-0.2, -0.15) is 5.21 Å². The highest BCUT2D eigenvalue weighted by atomic mass is 16.4. The van der Waals surface area contributed by atoms with E-state index in [-0.39, 0.29) is 37.7 Å². The maximum atomic E-state index is 12.7. The van der Waals surface area contributed by atoms with Crippen LogP contribution in [0.25, 0.3) is 0 Å². The van der Waals surface area contributed by atoms with Crippen molar-refractivity contribution < 1.29 is 33.9 Å². The van der Waals surface area contributed by atoms with Crippen molar-refractivity contribution >= 4 is 35.6 Å². The Balaban J connectivity index is 1.95. The van der Waals surface area contributed by atoms with E-state index in [9.17, 15) is 28.8 Å². The Labute approximate surface area is 193 Å². The van der Waals surface area contributed by atoms with Gasteiger partial charge in [0.05, 0.1) is 19.5 Å². The maximum absolute atomic E-state index is 12.7. The van der Waals surface area contributed by atoms with Gasteiger partial charge in [0.1, 0.15) is 12.1 Å². The van der Waals surface area contributed by atoms with Crippen LogP contribution in [0.1, 0.15) is 38.9 Å². The molecule has 1 aliphatic rings. The minimum absolute atomic E-state index is 0.0725. The smallest absolute Gasteiger partial charge is 0.325 e. The number of imide groups is 1. The zero-order valence-corrected chi connectivity index (χ0v) is 18.7. The number of tetrazole rings is 1. The molecule has 3 atom stereocenters. The molecule has 16 heteroatoms. The van der Waals surface area contributed by atoms with E-state index in [1.165, 1.54) is 0 Å². The molecule has 6 N–H and O–H groups in total. The fourth-order valence-corrected chi connectivity index (χ4v) is 3.07. The van der Waals surface area contributed by atoms with Crippen LogP contribution in [-0.2, 0) is 30.5 Å². The Morgan fingerprint density at radius 2 is 1.94 bits per heavy atom. The fraction of sp³-hybridized carbons (Fsp3) is 0.611. The Hall–Kier alpha value is -4.11. The van der Waals surface area contributed by atoms with Gasteiger partial charge in [0.2, 0.25) is 17.7 Å². The number of carboxylic acid groups (broad SMARTS) is 1. The molecule has 0 aromatic carbocycles. The largest absolute Gasteiger partial charge is 0.481 e. The number of hydrogen-bond acceptors (Lipinski definition) is 9. The lowest BCUT2D eigenvalue weighted by molar-refractivity contribution is -0.139. The van der Waals surface area contributed by atoms with Gasteiger partial charge in [0.25, 0.3) is 5.91 Å². The van der Waals surface area contributed by atoms with Gasteiger partial charge >= 0.3 is 12.0 Å². The Morgan fingerprint density at radius 3 is 2.56 bits per heavy atom. The van der Waals surface area contributed by atoms with Gasteiger partial charge in [-0.05, 0) is 5.92 Å². The summed E-state index contributed by atoms with van der Waals surface area (Å²) in [5, 5.41) is 31.4. The third kappa shape index (κ3) is 7.21. The number of H-pyrrole nitrogens is 1. The van der Waals surface area contributed by atoms with Crippen molar-refractivity contribution in [1.82, 2.24) is 46.8 Å². The van der Waals surface area contributed by atoms with E-state index in [2.05, 4.69) is 41.9 Å². The summed E-state index contributed by atoms with van der Waals surface area (Å²) in [4.78, 5) is 73.2. The molecule has 0 bridgehead atoms. The molecule has 0 spiro atoms. The van der Waals surface area contributed by atoms with E-state index in [0.29, 0.717) is 11.3 Å². The number of aromatic amines is 1. The average molecular weight is 481 g/mol. The summed E-state index contributed by atoms with van der Waals surface area (Å²) in [5.41, 5.74) is 0. The summed E-state index contributed by atoms with van der Waals surface area (Å²) in [6, 6.07) is -2.95. The number of rotatable bonds is 12. The van der Waals surface area contributed by atoms with Crippen molar-refractivity contribution in [3.8, 4) is 0 Å². The predicted octanol–water partition coefficient (Wildman–Crippen LogP) is -2.75. The number of carbonyl (C=O) groups is 6. The maximum Gasteiger partial charge on any atom is 0.325 e. The molecular formula is C18H27N9O7.